The molecule has 4 rings (SSSR count). The Morgan fingerprint density at radius 3 is 2.69 bits per heavy atom. The van der Waals surface area contributed by atoms with Gasteiger partial charge in [0, 0.05) is 44.7 Å². The van der Waals surface area contributed by atoms with Crippen molar-refractivity contribution in [1.29, 1.82) is 0 Å². The van der Waals surface area contributed by atoms with Gasteiger partial charge >= 0.3 is 0 Å². The first kappa shape index (κ1) is 26.1. The first-order valence-electron chi connectivity index (χ1n) is 12.7. The van der Waals surface area contributed by atoms with E-state index in [0.717, 1.165) is 24.8 Å². The van der Waals surface area contributed by atoms with Crippen LogP contribution in [0.3, 0.4) is 0 Å². The number of carbonyl (C=O) groups excluding carboxylic acids is 1. The number of rotatable bonds is 6. The Balaban J connectivity index is 1.67. The third kappa shape index (κ3) is 5.58. The average molecular weight is 507 g/mol. The van der Waals surface area contributed by atoms with Gasteiger partial charge in [-0.3, -0.25) is 4.79 Å². The summed E-state index contributed by atoms with van der Waals surface area (Å²) in [5.41, 5.74) is 2.17. The van der Waals surface area contributed by atoms with Crippen LogP contribution in [0.15, 0.2) is 29.2 Å². The van der Waals surface area contributed by atoms with Gasteiger partial charge in [-0.25, -0.2) is 8.42 Å². The second-order valence-corrected chi connectivity index (χ2v) is 12.0. The lowest BCUT2D eigenvalue weighted by Gasteiger charge is -2.38. The molecular weight excluding hydrogens is 468 g/mol. The third-order valence-electron chi connectivity index (χ3n) is 7.48. The van der Waals surface area contributed by atoms with Gasteiger partial charge in [0.1, 0.15) is 16.7 Å². The highest BCUT2D eigenvalue weighted by molar-refractivity contribution is 7.89. The van der Waals surface area contributed by atoms with Crippen molar-refractivity contribution in [3.8, 4) is 5.75 Å². The van der Waals surface area contributed by atoms with Gasteiger partial charge in [0.2, 0.25) is 15.9 Å². The summed E-state index contributed by atoms with van der Waals surface area (Å²) in [6.07, 6.45) is 6.29. The number of hydrogen-bond donors (Lipinski definition) is 1. The van der Waals surface area contributed by atoms with Gasteiger partial charge in [-0.05, 0) is 62.3 Å². The number of amides is 1. The molecule has 194 valence electrons. The van der Waals surface area contributed by atoms with Crippen molar-refractivity contribution in [2.75, 3.05) is 40.0 Å². The van der Waals surface area contributed by atoms with Crippen molar-refractivity contribution in [1.82, 2.24) is 9.21 Å². The van der Waals surface area contributed by atoms with E-state index in [2.05, 4.69) is 6.08 Å². The zero-order valence-electron chi connectivity index (χ0n) is 21.0. The van der Waals surface area contributed by atoms with Crippen molar-refractivity contribution < 1.29 is 27.8 Å². The molecule has 1 amide bonds. The standard InChI is InChI=1S/C26H38N2O6S/c1-18-15-28(19(2)17-29)35(31,32)25-9-8-22(20-6-4-5-7-20)14-23(25)34-24(18)16-27(3)26(30)21-10-12-33-13-11-21/h6,8-9,14,18-19,21,24,29H,4-5,7,10-13,15-17H2,1-3H3/t18-,19-,24+/m1/s1. The van der Waals surface area contributed by atoms with Crippen molar-refractivity contribution in [3.05, 3.63) is 29.8 Å². The highest BCUT2D eigenvalue weighted by Gasteiger charge is 2.39. The number of nitrogens with zero attached hydrogens (tertiary/aromatic N) is 2. The van der Waals surface area contributed by atoms with Crippen LogP contribution in [0, 0.1) is 11.8 Å². The van der Waals surface area contributed by atoms with Gasteiger partial charge in [0.25, 0.3) is 0 Å². The molecule has 0 unspecified atom stereocenters. The molecule has 0 aromatic heterocycles. The number of aliphatic hydroxyl groups is 1. The highest BCUT2D eigenvalue weighted by Crippen LogP contribution is 2.37. The van der Waals surface area contributed by atoms with E-state index < -0.39 is 22.2 Å². The number of ether oxygens (including phenoxy) is 2. The lowest BCUT2D eigenvalue weighted by atomic mass is 9.97. The molecule has 2 aliphatic heterocycles. The second-order valence-electron chi connectivity index (χ2n) is 10.1. The van der Waals surface area contributed by atoms with E-state index in [9.17, 15) is 18.3 Å². The first-order chi connectivity index (χ1) is 16.7. The molecule has 1 aromatic carbocycles. The minimum Gasteiger partial charge on any atom is -0.487 e. The molecule has 1 aromatic rings. The maximum atomic E-state index is 13.6. The van der Waals surface area contributed by atoms with Gasteiger partial charge in [0.05, 0.1) is 13.2 Å². The van der Waals surface area contributed by atoms with E-state index >= 15 is 0 Å². The zero-order chi connectivity index (χ0) is 25.2. The summed E-state index contributed by atoms with van der Waals surface area (Å²) in [5.74, 6) is 0.127. The smallest absolute Gasteiger partial charge is 0.247 e. The predicted molar refractivity (Wildman–Crippen MR) is 133 cm³/mol. The fourth-order valence-electron chi connectivity index (χ4n) is 5.19. The number of carbonyl (C=O) groups is 1. The van der Waals surface area contributed by atoms with E-state index in [-0.39, 0.29) is 35.8 Å². The minimum absolute atomic E-state index is 0.0582. The molecule has 1 saturated heterocycles. The molecule has 2 heterocycles. The molecule has 8 nitrogen and oxygen atoms in total. The van der Waals surface area contributed by atoms with Crippen LogP contribution in [-0.4, -0.2) is 80.7 Å². The van der Waals surface area contributed by atoms with Crippen LogP contribution in [0.25, 0.3) is 5.57 Å². The summed E-state index contributed by atoms with van der Waals surface area (Å²) in [7, 11) is -2.09. The number of benzene rings is 1. The summed E-state index contributed by atoms with van der Waals surface area (Å²) in [5, 5.41) is 9.82. The van der Waals surface area contributed by atoms with Crippen LogP contribution in [0.5, 0.6) is 5.75 Å². The lowest BCUT2D eigenvalue weighted by Crippen LogP contribution is -2.50. The van der Waals surface area contributed by atoms with E-state index in [4.69, 9.17) is 9.47 Å². The average Bonchev–Trinajstić information content (AvgIpc) is 3.40. The third-order valence-corrected chi connectivity index (χ3v) is 9.50. The van der Waals surface area contributed by atoms with Crippen molar-refractivity contribution in [2.45, 2.75) is 63.0 Å². The van der Waals surface area contributed by atoms with Crippen LogP contribution in [0.4, 0.5) is 0 Å². The predicted octanol–water partition coefficient (Wildman–Crippen LogP) is 2.91. The van der Waals surface area contributed by atoms with E-state index in [0.29, 0.717) is 38.3 Å². The number of hydrogen-bond acceptors (Lipinski definition) is 6. The van der Waals surface area contributed by atoms with Crippen LogP contribution < -0.4 is 4.74 Å². The SMILES string of the molecule is C[C@@H]1CN([C@H](C)CO)S(=O)(=O)c2ccc(C3=CCCC3)cc2O[C@H]1CN(C)C(=O)C1CCOCC1. The summed E-state index contributed by atoms with van der Waals surface area (Å²) < 4.78 is 40.5. The molecule has 0 bridgehead atoms. The molecule has 0 spiro atoms. The molecule has 35 heavy (non-hydrogen) atoms. The van der Waals surface area contributed by atoms with E-state index in [1.54, 1.807) is 24.9 Å². The fraction of sp³-hybridized carbons (Fsp3) is 0.654. The Morgan fingerprint density at radius 2 is 2.03 bits per heavy atom. The summed E-state index contributed by atoms with van der Waals surface area (Å²) >= 11 is 0. The Bertz CT molecular complexity index is 1050. The molecule has 1 aliphatic carbocycles. The Labute approximate surface area is 208 Å². The summed E-state index contributed by atoms with van der Waals surface area (Å²) in [6.45, 7) is 5.11. The quantitative estimate of drug-likeness (QED) is 0.637. The van der Waals surface area contributed by atoms with Crippen molar-refractivity contribution >= 4 is 21.5 Å². The monoisotopic (exact) mass is 506 g/mol. The molecule has 3 atom stereocenters. The topological polar surface area (TPSA) is 96.4 Å². The second kappa shape index (κ2) is 11.0. The van der Waals surface area contributed by atoms with Gasteiger partial charge in [-0.15, -0.1) is 0 Å². The summed E-state index contributed by atoms with van der Waals surface area (Å²) in [6, 6.07) is 4.73. The normalized spacial score (nSPS) is 26.1. The van der Waals surface area contributed by atoms with Crippen LogP contribution in [0.1, 0.15) is 51.5 Å². The molecular formula is C26H38N2O6S. The zero-order valence-corrected chi connectivity index (χ0v) is 21.8. The Hall–Kier alpha value is -1.94. The number of likely N-dealkylation sites (N-methyl/N-ethyl adjacent to an activating group) is 1. The minimum atomic E-state index is -3.88. The molecule has 0 saturated carbocycles. The molecule has 9 heteroatoms. The Kier molecular flexibility index (Phi) is 8.20. The molecule has 1 N–H and O–H groups in total. The fourth-order valence-corrected chi connectivity index (χ4v) is 7.02. The largest absolute Gasteiger partial charge is 0.487 e. The van der Waals surface area contributed by atoms with Crippen LogP contribution in [0.2, 0.25) is 0 Å². The van der Waals surface area contributed by atoms with Gasteiger partial charge in [-0.1, -0.05) is 19.1 Å². The van der Waals surface area contributed by atoms with Gasteiger partial charge < -0.3 is 19.5 Å². The highest BCUT2D eigenvalue weighted by atomic mass is 32.2. The number of sulfonamides is 1. The Morgan fingerprint density at radius 1 is 1.29 bits per heavy atom. The number of allylic oxidation sites excluding steroid dienone is 2. The molecule has 3 aliphatic rings. The first-order valence-corrected chi connectivity index (χ1v) is 14.1. The maximum Gasteiger partial charge on any atom is 0.247 e. The molecule has 1 fully saturated rings. The summed E-state index contributed by atoms with van der Waals surface area (Å²) in [4.78, 5) is 14.9. The van der Waals surface area contributed by atoms with E-state index in [1.165, 1.54) is 9.88 Å². The van der Waals surface area contributed by atoms with Crippen LogP contribution >= 0.6 is 0 Å². The number of aliphatic hydroxyl groups excluding tert-OH is 1. The van der Waals surface area contributed by atoms with Crippen LogP contribution in [-0.2, 0) is 19.6 Å². The maximum absolute atomic E-state index is 13.6. The van der Waals surface area contributed by atoms with Gasteiger partial charge in [-0.2, -0.15) is 4.31 Å². The lowest BCUT2D eigenvalue weighted by molar-refractivity contribution is -0.138. The van der Waals surface area contributed by atoms with Gasteiger partial charge in [0.15, 0.2) is 0 Å². The van der Waals surface area contributed by atoms with Crippen molar-refractivity contribution in [3.63, 3.8) is 0 Å². The molecule has 0 radical (unpaired) electrons. The number of fused-ring (bicyclic) bond motifs is 1. The van der Waals surface area contributed by atoms with E-state index in [1.807, 2.05) is 19.1 Å². The van der Waals surface area contributed by atoms with Crippen molar-refractivity contribution in [2.24, 2.45) is 11.8 Å².